The second-order valence-corrected chi connectivity index (χ2v) is 6.22. The highest BCUT2D eigenvalue weighted by Crippen LogP contribution is 2.25. The highest BCUT2D eigenvalue weighted by atomic mass is 35.5. The van der Waals surface area contributed by atoms with Gasteiger partial charge < -0.3 is 10.1 Å². The SMILES string of the molecule is N#CC(C(=O)NCc1cccc(OC(F)(F)F)c1)c1nc2ccccc2nc1Cl. The van der Waals surface area contributed by atoms with E-state index >= 15 is 0 Å². The van der Waals surface area contributed by atoms with Crippen molar-refractivity contribution in [3.63, 3.8) is 0 Å². The molecule has 29 heavy (non-hydrogen) atoms. The first-order chi connectivity index (χ1) is 13.8. The number of nitrogens with one attached hydrogen (secondary N) is 1. The summed E-state index contributed by atoms with van der Waals surface area (Å²) in [6.07, 6.45) is -4.82. The third kappa shape index (κ3) is 5.12. The van der Waals surface area contributed by atoms with Gasteiger partial charge in [0.15, 0.2) is 11.1 Å². The van der Waals surface area contributed by atoms with Crippen molar-refractivity contribution in [3.05, 3.63) is 64.9 Å². The molecule has 0 spiro atoms. The molecule has 0 bridgehead atoms. The Morgan fingerprint density at radius 2 is 1.86 bits per heavy atom. The average molecular weight is 421 g/mol. The fourth-order valence-corrected chi connectivity index (χ4v) is 2.81. The van der Waals surface area contributed by atoms with Gasteiger partial charge in [0.25, 0.3) is 0 Å². The molecule has 1 atom stereocenters. The predicted molar refractivity (Wildman–Crippen MR) is 97.9 cm³/mol. The minimum Gasteiger partial charge on any atom is -0.406 e. The molecule has 2 aromatic carbocycles. The summed E-state index contributed by atoms with van der Waals surface area (Å²) >= 11 is 6.09. The molecule has 10 heteroatoms. The summed E-state index contributed by atoms with van der Waals surface area (Å²) in [5, 5.41) is 11.8. The lowest BCUT2D eigenvalue weighted by Gasteiger charge is -2.13. The molecule has 0 saturated carbocycles. The molecule has 0 radical (unpaired) electrons. The van der Waals surface area contributed by atoms with Crippen LogP contribution >= 0.6 is 11.6 Å². The van der Waals surface area contributed by atoms with E-state index < -0.39 is 23.9 Å². The topological polar surface area (TPSA) is 87.9 Å². The maximum atomic E-state index is 12.5. The number of hydrogen-bond acceptors (Lipinski definition) is 5. The smallest absolute Gasteiger partial charge is 0.406 e. The molecule has 0 aliphatic rings. The molecule has 0 aliphatic carbocycles. The van der Waals surface area contributed by atoms with Crippen LogP contribution in [0.4, 0.5) is 13.2 Å². The third-order valence-electron chi connectivity index (χ3n) is 3.82. The van der Waals surface area contributed by atoms with Gasteiger partial charge in [-0.3, -0.25) is 4.79 Å². The monoisotopic (exact) mass is 420 g/mol. The number of alkyl halides is 3. The quantitative estimate of drug-likeness (QED) is 0.671. The second kappa shape index (κ2) is 8.32. The highest BCUT2D eigenvalue weighted by Gasteiger charge is 2.31. The Balaban J connectivity index is 1.75. The molecule has 3 aromatic rings. The summed E-state index contributed by atoms with van der Waals surface area (Å²) in [5.41, 5.74) is 1.34. The van der Waals surface area contributed by atoms with E-state index in [2.05, 4.69) is 20.0 Å². The van der Waals surface area contributed by atoms with Gasteiger partial charge in [0.2, 0.25) is 5.91 Å². The van der Waals surface area contributed by atoms with Crippen molar-refractivity contribution in [3.8, 4) is 11.8 Å². The van der Waals surface area contributed by atoms with Crippen LogP contribution in [0.2, 0.25) is 5.15 Å². The van der Waals surface area contributed by atoms with Crippen LogP contribution in [-0.2, 0) is 11.3 Å². The van der Waals surface area contributed by atoms with Gasteiger partial charge in [-0.1, -0.05) is 35.9 Å². The van der Waals surface area contributed by atoms with Gasteiger partial charge in [0.1, 0.15) is 11.4 Å². The summed E-state index contributed by atoms with van der Waals surface area (Å²) in [5.74, 6) is -2.46. The number of rotatable bonds is 5. The van der Waals surface area contributed by atoms with E-state index in [9.17, 15) is 23.2 Å². The fourth-order valence-electron chi connectivity index (χ4n) is 2.56. The molecule has 148 valence electrons. The molecule has 0 fully saturated rings. The van der Waals surface area contributed by atoms with Gasteiger partial charge in [-0.05, 0) is 29.8 Å². The molecule has 0 saturated heterocycles. The van der Waals surface area contributed by atoms with Crippen molar-refractivity contribution in [2.24, 2.45) is 0 Å². The van der Waals surface area contributed by atoms with Crippen LogP contribution in [-0.4, -0.2) is 22.2 Å². The van der Waals surface area contributed by atoms with Crippen molar-refractivity contribution >= 4 is 28.5 Å². The van der Waals surface area contributed by atoms with Gasteiger partial charge in [0.05, 0.1) is 17.1 Å². The number of nitrogens with zero attached hydrogens (tertiary/aromatic N) is 3. The number of fused-ring (bicyclic) bond motifs is 1. The van der Waals surface area contributed by atoms with E-state index in [4.69, 9.17) is 11.6 Å². The van der Waals surface area contributed by atoms with Crippen molar-refractivity contribution in [2.45, 2.75) is 18.8 Å². The number of hydrogen-bond donors (Lipinski definition) is 1. The van der Waals surface area contributed by atoms with Gasteiger partial charge >= 0.3 is 6.36 Å². The molecular formula is C19H12ClF3N4O2. The largest absolute Gasteiger partial charge is 0.573 e. The zero-order chi connectivity index (χ0) is 21.0. The van der Waals surface area contributed by atoms with Gasteiger partial charge in [-0.15, -0.1) is 13.2 Å². The van der Waals surface area contributed by atoms with Gasteiger partial charge in [-0.2, -0.15) is 5.26 Å². The molecule has 3 rings (SSSR count). The predicted octanol–water partition coefficient (Wildman–Crippen LogP) is 4.11. The highest BCUT2D eigenvalue weighted by molar-refractivity contribution is 6.30. The first kappa shape index (κ1) is 20.4. The Kier molecular flexibility index (Phi) is 5.84. The van der Waals surface area contributed by atoms with E-state index in [0.717, 1.165) is 12.1 Å². The number of halogens is 4. The number of carbonyl (C=O) groups is 1. The molecule has 1 aromatic heterocycles. The van der Waals surface area contributed by atoms with E-state index in [-0.39, 0.29) is 17.4 Å². The van der Waals surface area contributed by atoms with Crippen molar-refractivity contribution in [1.29, 1.82) is 5.26 Å². The molecule has 1 unspecified atom stereocenters. The zero-order valence-electron chi connectivity index (χ0n) is 14.6. The van der Waals surface area contributed by atoms with Crippen LogP contribution in [0, 0.1) is 11.3 Å². The summed E-state index contributed by atoms with van der Waals surface area (Å²) < 4.78 is 40.8. The lowest BCUT2D eigenvalue weighted by Crippen LogP contribution is -2.29. The van der Waals surface area contributed by atoms with E-state index in [1.807, 2.05) is 6.07 Å². The van der Waals surface area contributed by atoms with Gasteiger partial charge in [-0.25, -0.2) is 9.97 Å². The van der Waals surface area contributed by atoms with Crippen LogP contribution in [0.15, 0.2) is 48.5 Å². The van der Waals surface area contributed by atoms with Crippen molar-refractivity contribution < 1.29 is 22.7 Å². The third-order valence-corrected chi connectivity index (χ3v) is 4.09. The Morgan fingerprint density at radius 1 is 1.17 bits per heavy atom. The number of carbonyl (C=O) groups excluding carboxylic acids is 1. The summed E-state index contributed by atoms with van der Waals surface area (Å²) in [4.78, 5) is 20.9. The maximum Gasteiger partial charge on any atom is 0.573 e. The number of aromatic nitrogens is 2. The van der Waals surface area contributed by atoms with Crippen molar-refractivity contribution in [2.75, 3.05) is 0 Å². The lowest BCUT2D eigenvalue weighted by molar-refractivity contribution is -0.274. The summed E-state index contributed by atoms with van der Waals surface area (Å²) in [7, 11) is 0. The summed E-state index contributed by atoms with van der Waals surface area (Å²) in [6.45, 7) is -0.120. The maximum absolute atomic E-state index is 12.5. The number of para-hydroxylation sites is 2. The van der Waals surface area contributed by atoms with E-state index in [1.54, 1.807) is 24.3 Å². The minimum atomic E-state index is -4.82. The molecule has 0 aliphatic heterocycles. The molecule has 1 N–H and O–H groups in total. The Labute approximate surface area is 167 Å². The number of amides is 1. The number of ether oxygens (including phenoxy) is 1. The van der Waals surface area contributed by atoms with Crippen molar-refractivity contribution in [1.82, 2.24) is 15.3 Å². The second-order valence-electron chi connectivity index (χ2n) is 5.86. The Hall–Kier alpha value is -3.38. The van der Waals surface area contributed by atoms with E-state index in [1.165, 1.54) is 12.1 Å². The first-order valence-corrected chi connectivity index (χ1v) is 8.59. The minimum absolute atomic E-state index is 0.000442. The fraction of sp³-hybridized carbons (Fsp3) is 0.158. The van der Waals surface area contributed by atoms with Crippen LogP contribution in [0.25, 0.3) is 11.0 Å². The molecule has 1 amide bonds. The number of benzene rings is 2. The van der Waals surface area contributed by atoms with Crippen LogP contribution in [0.3, 0.4) is 0 Å². The van der Waals surface area contributed by atoms with Crippen LogP contribution in [0.5, 0.6) is 5.75 Å². The average Bonchev–Trinajstić information content (AvgIpc) is 2.66. The van der Waals surface area contributed by atoms with Crippen LogP contribution < -0.4 is 10.1 Å². The normalized spacial score (nSPS) is 12.2. The molecule has 6 nitrogen and oxygen atoms in total. The molecular weight excluding hydrogens is 409 g/mol. The lowest BCUT2D eigenvalue weighted by atomic mass is 10.1. The summed E-state index contributed by atoms with van der Waals surface area (Å²) in [6, 6.07) is 13.8. The van der Waals surface area contributed by atoms with Gasteiger partial charge in [0, 0.05) is 6.54 Å². The Morgan fingerprint density at radius 3 is 2.52 bits per heavy atom. The Bertz CT molecular complexity index is 1100. The van der Waals surface area contributed by atoms with Crippen LogP contribution in [0.1, 0.15) is 17.2 Å². The number of nitriles is 1. The van der Waals surface area contributed by atoms with E-state index in [0.29, 0.717) is 16.6 Å². The molecule has 1 heterocycles. The zero-order valence-corrected chi connectivity index (χ0v) is 15.3. The standard InChI is InChI=1S/C19H12ClF3N4O2/c20-17-16(26-14-6-1-2-7-15(14)27-17)13(9-24)18(28)25-10-11-4-3-5-12(8-11)29-19(21,22)23/h1-8,13H,10H2,(H,25,28). The first-order valence-electron chi connectivity index (χ1n) is 8.21.